The van der Waals surface area contributed by atoms with Gasteiger partial charge in [-0.15, -0.1) is 11.3 Å². The first-order valence-electron chi connectivity index (χ1n) is 6.89. The number of para-hydroxylation sites is 1. The summed E-state index contributed by atoms with van der Waals surface area (Å²) in [7, 11) is -3.42. The van der Waals surface area contributed by atoms with Crippen molar-refractivity contribution in [3.05, 3.63) is 51.4 Å². The van der Waals surface area contributed by atoms with E-state index in [2.05, 4.69) is 27.0 Å². The molecule has 0 fully saturated rings. The number of hydrogen-bond donors (Lipinski definition) is 1. The molecule has 7 heteroatoms. The number of hydrogen-bond acceptors (Lipinski definition) is 3. The number of aromatic amines is 1. The van der Waals surface area contributed by atoms with E-state index in [1.807, 2.05) is 18.2 Å². The van der Waals surface area contributed by atoms with Crippen molar-refractivity contribution < 1.29 is 8.42 Å². The standard InChI is InChI=1S/C15H13BrN2O2S2/c16-14-5-6-15(21-14)22(19,20)18-8-7-11-10-3-1-2-4-12(10)17-13(11)9-18/h1-6,17H,7-9H2. The van der Waals surface area contributed by atoms with Crippen molar-refractivity contribution in [3.63, 3.8) is 0 Å². The van der Waals surface area contributed by atoms with E-state index >= 15 is 0 Å². The smallest absolute Gasteiger partial charge is 0.252 e. The van der Waals surface area contributed by atoms with Gasteiger partial charge in [0.1, 0.15) is 4.21 Å². The topological polar surface area (TPSA) is 53.2 Å². The van der Waals surface area contributed by atoms with Crippen LogP contribution in [0.2, 0.25) is 0 Å². The molecule has 1 N–H and O–H groups in total. The number of sulfonamides is 1. The summed E-state index contributed by atoms with van der Waals surface area (Å²) in [5.41, 5.74) is 3.33. The van der Waals surface area contributed by atoms with Crippen LogP contribution in [0.5, 0.6) is 0 Å². The number of rotatable bonds is 2. The Labute approximate surface area is 140 Å². The van der Waals surface area contributed by atoms with E-state index in [1.54, 1.807) is 16.4 Å². The fourth-order valence-electron chi connectivity index (χ4n) is 2.94. The number of nitrogens with one attached hydrogen (secondary N) is 1. The zero-order chi connectivity index (χ0) is 15.3. The van der Waals surface area contributed by atoms with Crippen molar-refractivity contribution in [1.82, 2.24) is 9.29 Å². The molecule has 0 radical (unpaired) electrons. The summed E-state index contributed by atoms with van der Waals surface area (Å²) in [6.45, 7) is 0.925. The van der Waals surface area contributed by atoms with Gasteiger partial charge in [0, 0.05) is 23.1 Å². The van der Waals surface area contributed by atoms with E-state index in [1.165, 1.54) is 22.3 Å². The SMILES string of the molecule is O=S(=O)(c1ccc(Br)s1)N1CCc2c([nH]c3ccccc23)C1. The molecular formula is C15H13BrN2O2S2. The Hall–Kier alpha value is -1.15. The molecule has 0 saturated heterocycles. The summed E-state index contributed by atoms with van der Waals surface area (Å²) in [5, 5.41) is 1.20. The molecule has 3 aromatic rings. The van der Waals surface area contributed by atoms with Crippen LogP contribution in [0.15, 0.2) is 44.4 Å². The molecule has 0 saturated carbocycles. The molecule has 0 spiro atoms. The van der Waals surface area contributed by atoms with Crippen LogP contribution in [0.4, 0.5) is 0 Å². The van der Waals surface area contributed by atoms with Gasteiger partial charge >= 0.3 is 0 Å². The quantitative estimate of drug-likeness (QED) is 0.716. The molecule has 1 aliphatic rings. The Morgan fingerprint density at radius 3 is 2.77 bits per heavy atom. The first-order chi connectivity index (χ1) is 10.6. The molecule has 0 amide bonds. The summed E-state index contributed by atoms with van der Waals surface area (Å²) in [4.78, 5) is 3.36. The Kier molecular flexibility index (Phi) is 3.41. The van der Waals surface area contributed by atoms with E-state index in [9.17, 15) is 8.42 Å². The highest BCUT2D eigenvalue weighted by atomic mass is 79.9. The first kappa shape index (κ1) is 14.4. The van der Waals surface area contributed by atoms with Gasteiger partial charge in [0.05, 0.1) is 10.3 Å². The minimum absolute atomic E-state index is 0.388. The Morgan fingerprint density at radius 2 is 2.00 bits per heavy atom. The van der Waals surface area contributed by atoms with Gasteiger partial charge in [0.2, 0.25) is 0 Å². The van der Waals surface area contributed by atoms with Crippen LogP contribution in [-0.2, 0) is 23.0 Å². The number of aromatic nitrogens is 1. The van der Waals surface area contributed by atoms with Crippen LogP contribution in [-0.4, -0.2) is 24.3 Å². The van der Waals surface area contributed by atoms with E-state index < -0.39 is 10.0 Å². The number of halogens is 1. The largest absolute Gasteiger partial charge is 0.357 e. The fraction of sp³-hybridized carbons (Fsp3) is 0.200. The Morgan fingerprint density at radius 1 is 1.18 bits per heavy atom. The number of nitrogens with zero attached hydrogens (tertiary/aromatic N) is 1. The zero-order valence-corrected chi connectivity index (χ0v) is 14.8. The summed E-state index contributed by atoms with van der Waals surface area (Å²) >= 11 is 4.58. The van der Waals surface area contributed by atoms with Crippen molar-refractivity contribution in [2.24, 2.45) is 0 Å². The van der Waals surface area contributed by atoms with Gasteiger partial charge in [-0.3, -0.25) is 0 Å². The highest BCUT2D eigenvalue weighted by Gasteiger charge is 2.31. The van der Waals surface area contributed by atoms with Crippen LogP contribution < -0.4 is 0 Å². The molecule has 0 atom stereocenters. The molecule has 4 rings (SSSR count). The van der Waals surface area contributed by atoms with Crippen LogP contribution in [0.3, 0.4) is 0 Å². The van der Waals surface area contributed by atoms with Crippen LogP contribution in [0.25, 0.3) is 10.9 Å². The van der Waals surface area contributed by atoms with Gasteiger partial charge in [-0.2, -0.15) is 4.31 Å². The van der Waals surface area contributed by atoms with Crippen molar-refractivity contribution >= 4 is 48.2 Å². The van der Waals surface area contributed by atoms with Gasteiger partial charge in [-0.05, 0) is 46.1 Å². The van der Waals surface area contributed by atoms with Crippen molar-refractivity contribution in [2.45, 2.75) is 17.2 Å². The second kappa shape index (κ2) is 5.19. The lowest BCUT2D eigenvalue weighted by Crippen LogP contribution is -2.35. The Balaban J connectivity index is 1.72. The second-order valence-electron chi connectivity index (χ2n) is 5.27. The monoisotopic (exact) mass is 396 g/mol. The number of benzene rings is 1. The molecule has 0 aliphatic carbocycles. The maximum atomic E-state index is 12.7. The summed E-state index contributed by atoms with van der Waals surface area (Å²) in [6, 6.07) is 11.6. The van der Waals surface area contributed by atoms with Gasteiger partial charge in [-0.25, -0.2) is 8.42 Å². The molecule has 114 valence electrons. The highest BCUT2D eigenvalue weighted by Crippen LogP contribution is 2.33. The normalized spacial score (nSPS) is 16.0. The minimum Gasteiger partial charge on any atom is -0.357 e. The molecule has 1 aromatic carbocycles. The fourth-order valence-corrected chi connectivity index (χ4v) is 6.51. The zero-order valence-electron chi connectivity index (χ0n) is 11.5. The maximum Gasteiger partial charge on any atom is 0.252 e. The van der Waals surface area contributed by atoms with Crippen molar-refractivity contribution in [1.29, 1.82) is 0 Å². The summed E-state index contributed by atoms with van der Waals surface area (Å²) < 4.78 is 28.2. The molecule has 3 heterocycles. The van der Waals surface area contributed by atoms with E-state index in [0.717, 1.165) is 21.4 Å². The van der Waals surface area contributed by atoms with Crippen LogP contribution in [0.1, 0.15) is 11.3 Å². The third-order valence-corrected chi connectivity index (χ3v) is 7.93. The van der Waals surface area contributed by atoms with Gasteiger partial charge in [0.25, 0.3) is 10.0 Å². The average molecular weight is 397 g/mol. The van der Waals surface area contributed by atoms with Crippen molar-refractivity contribution in [2.75, 3.05) is 6.54 Å². The maximum absolute atomic E-state index is 12.7. The summed E-state index contributed by atoms with van der Waals surface area (Å²) in [5.74, 6) is 0. The van der Waals surface area contributed by atoms with Gasteiger partial charge < -0.3 is 4.98 Å². The lowest BCUT2D eigenvalue weighted by atomic mass is 10.1. The third-order valence-electron chi connectivity index (χ3n) is 3.99. The molecule has 22 heavy (non-hydrogen) atoms. The molecule has 0 bridgehead atoms. The predicted octanol–water partition coefficient (Wildman–Crippen LogP) is 3.74. The number of H-pyrrole nitrogens is 1. The first-order valence-corrected chi connectivity index (χ1v) is 9.94. The third kappa shape index (κ3) is 2.23. The summed E-state index contributed by atoms with van der Waals surface area (Å²) in [6.07, 6.45) is 0.741. The number of thiophene rings is 1. The van der Waals surface area contributed by atoms with Gasteiger partial charge in [-0.1, -0.05) is 18.2 Å². The lowest BCUT2D eigenvalue weighted by Gasteiger charge is -2.25. The van der Waals surface area contributed by atoms with Crippen LogP contribution >= 0.6 is 27.3 Å². The van der Waals surface area contributed by atoms with E-state index in [4.69, 9.17) is 0 Å². The predicted molar refractivity (Wildman–Crippen MR) is 91.6 cm³/mol. The van der Waals surface area contributed by atoms with Gasteiger partial charge in [0.15, 0.2) is 0 Å². The van der Waals surface area contributed by atoms with Crippen LogP contribution in [0, 0.1) is 0 Å². The van der Waals surface area contributed by atoms with E-state index in [-0.39, 0.29) is 0 Å². The average Bonchev–Trinajstić information content (AvgIpc) is 3.10. The second-order valence-corrected chi connectivity index (χ2v) is 9.90. The molecule has 4 nitrogen and oxygen atoms in total. The lowest BCUT2D eigenvalue weighted by molar-refractivity contribution is 0.389. The highest BCUT2D eigenvalue weighted by molar-refractivity contribution is 9.11. The molecule has 1 aliphatic heterocycles. The Bertz CT molecular complexity index is 959. The van der Waals surface area contributed by atoms with E-state index in [0.29, 0.717) is 17.3 Å². The molecule has 2 aromatic heterocycles. The molecular weight excluding hydrogens is 384 g/mol. The van der Waals surface area contributed by atoms with Crippen molar-refractivity contribution in [3.8, 4) is 0 Å². The minimum atomic E-state index is -3.42. The molecule has 0 unspecified atom stereocenters. The number of fused-ring (bicyclic) bond motifs is 3.